The first-order valence-electron chi connectivity index (χ1n) is 6.16. The SMILES string of the molecule is N#Cc1[nH]ncc1-c1nc(C2CCCCC2)no1. The third kappa shape index (κ3) is 1.88. The van der Waals surface area contributed by atoms with Crippen molar-refractivity contribution in [3.8, 4) is 17.5 Å². The maximum Gasteiger partial charge on any atom is 0.262 e. The number of aromatic amines is 1. The molecule has 2 aromatic heterocycles. The van der Waals surface area contributed by atoms with Crippen LogP contribution in [0.1, 0.15) is 49.5 Å². The molecule has 2 heterocycles. The summed E-state index contributed by atoms with van der Waals surface area (Å²) in [6.45, 7) is 0. The summed E-state index contributed by atoms with van der Waals surface area (Å²) < 4.78 is 5.23. The van der Waals surface area contributed by atoms with Crippen LogP contribution in [0.5, 0.6) is 0 Å². The second-order valence-corrected chi connectivity index (χ2v) is 4.56. The lowest BCUT2D eigenvalue weighted by atomic mass is 9.89. The molecule has 6 heteroatoms. The molecule has 1 N–H and O–H groups in total. The van der Waals surface area contributed by atoms with Gasteiger partial charge in [-0.3, -0.25) is 5.10 Å². The summed E-state index contributed by atoms with van der Waals surface area (Å²) >= 11 is 0. The molecule has 6 nitrogen and oxygen atoms in total. The zero-order chi connectivity index (χ0) is 12.4. The van der Waals surface area contributed by atoms with Crippen LogP contribution in [-0.2, 0) is 0 Å². The summed E-state index contributed by atoms with van der Waals surface area (Å²) in [6.07, 6.45) is 7.52. The number of aromatic nitrogens is 4. The van der Waals surface area contributed by atoms with Gasteiger partial charge in [-0.2, -0.15) is 15.3 Å². The van der Waals surface area contributed by atoms with E-state index in [9.17, 15) is 0 Å². The molecule has 92 valence electrons. The number of hydrogen-bond acceptors (Lipinski definition) is 5. The van der Waals surface area contributed by atoms with Gasteiger partial charge in [0, 0.05) is 5.92 Å². The van der Waals surface area contributed by atoms with Crippen LogP contribution in [0.15, 0.2) is 10.7 Å². The predicted octanol–water partition coefficient (Wildman–Crippen LogP) is 2.38. The second-order valence-electron chi connectivity index (χ2n) is 4.56. The van der Waals surface area contributed by atoms with Gasteiger partial charge in [-0.05, 0) is 12.8 Å². The summed E-state index contributed by atoms with van der Waals surface area (Å²) in [6, 6.07) is 2.02. The molecule has 1 aliphatic carbocycles. The fourth-order valence-electron chi connectivity index (χ4n) is 2.40. The van der Waals surface area contributed by atoms with Crippen LogP contribution in [0.2, 0.25) is 0 Å². The summed E-state index contributed by atoms with van der Waals surface area (Å²) in [4.78, 5) is 4.40. The first-order chi connectivity index (χ1) is 8.88. The maximum atomic E-state index is 8.91. The quantitative estimate of drug-likeness (QED) is 0.874. The Morgan fingerprint density at radius 2 is 2.17 bits per heavy atom. The molecule has 0 aromatic carbocycles. The van der Waals surface area contributed by atoms with Crippen LogP contribution in [0.25, 0.3) is 11.5 Å². The van der Waals surface area contributed by atoms with Crippen molar-refractivity contribution in [1.29, 1.82) is 5.26 Å². The molecule has 18 heavy (non-hydrogen) atoms. The van der Waals surface area contributed by atoms with Gasteiger partial charge < -0.3 is 4.52 Å². The Morgan fingerprint density at radius 3 is 2.94 bits per heavy atom. The minimum absolute atomic E-state index is 0.355. The fraction of sp³-hybridized carbons (Fsp3) is 0.500. The number of nitrogens with one attached hydrogen (secondary N) is 1. The molecule has 0 aliphatic heterocycles. The van der Waals surface area contributed by atoms with Crippen molar-refractivity contribution < 1.29 is 4.52 Å². The molecular formula is C12H13N5O. The molecule has 0 unspecified atom stereocenters. The molecule has 0 atom stereocenters. The van der Waals surface area contributed by atoms with Gasteiger partial charge in [0.25, 0.3) is 5.89 Å². The van der Waals surface area contributed by atoms with E-state index in [0.717, 1.165) is 18.7 Å². The molecular weight excluding hydrogens is 230 g/mol. The first kappa shape index (κ1) is 11.0. The van der Waals surface area contributed by atoms with Crippen LogP contribution in [0, 0.1) is 11.3 Å². The Balaban J connectivity index is 1.87. The van der Waals surface area contributed by atoms with Crippen LogP contribution >= 0.6 is 0 Å². The lowest BCUT2D eigenvalue weighted by Crippen LogP contribution is -2.06. The standard InChI is InChI=1S/C12H13N5O/c13-6-10-9(7-14-16-10)12-15-11(17-18-12)8-4-2-1-3-5-8/h7-8H,1-5H2,(H,14,16). The van der Waals surface area contributed by atoms with Gasteiger partial charge in [0.05, 0.1) is 11.8 Å². The highest BCUT2D eigenvalue weighted by molar-refractivity contribution is 5.59. The largest absolute Gasteiger partial charge is 0.334 e. The number of nitriles is 1. The van der Waals surface area contributed by atoms with Crippen molar-refractivity contribution in [3.63, 3.8) is 0 Å². The highest BCUT2D eigenvalue weighted by Gasteiger charge is 2.22. The third-order valence-corrected chi connectivity index (χ3v) is 3.39. The lowest BCUT2D eigenvalue weighted by Gasteiger charge is -2.17. The van der Waals surface area contributed by atoms with E-state index in [4.69, 9.17) is 9.78 Å². The molecule has 0 spiro atoms. The average Bonchev–Trinajstić information content (AvgIpc) is 3.08. The second kappa shape index (κ2) is 4.61. The Kier molecular flexibility index (Phi) is 2.81. The molecule has 1 saturated carbocycles. The van der Waals surface area contributed by atoms with E-state index in [1.807, 2.05) is 6.07 Å². The van der Waals surface area contributed by atoms with Crippen molar-refractivity contribution in [2.75, 3.05) is 0 Å². The van der Waals surface area contributed by atoms with E-state index in [1.165, 1.54) is 25.5 Å². The summed E-state index contributed by atoms with van der Waals surface area (Å²) in [5.41, 5.74) is 0.931. The number of nitrogens with zero attached hydrogens (tertiary/aromatic N) is 4. The molecule has 3 rings (SSSR count). The zero-order valence-corrected chi connectivity index (χ0v) is 9.89. The van der Waals surface area contributed by atoms with Crippen LogP contribution in [-0.4, -0.2) is 20.3 Å². The van der Waals surface area contributed by atoms with Gasteiger partial charge in [0.1, 0.15) is 11.8 Å². The highest BCUT2D eigenvalue weighted by Crippen LogP contribution is 2.32. The van der Waals surface area contributed by atoms with E-state index in [1.54, 1.807) is 0 Å². The summed E-state index contributed by atoms with van der Waals surface area (Å²) in [5.74, 6) is 1.53. The van der Waals surface area contributed by atoms with Crippen LogP contribution < -0.4 is 0 Å². The Morgan fingerprint density at radius 1 is 1.33 bits per heavy atom. The van der Waals surface area contributed by atoms with Gasteiger partial charge in [0.15, 0.2) is 5.82 Å². The Hall–Kier alpha value is -2.16. The van der Waals surface area contributed by atoms with Crippen molar-refractivity contribution in [3.05, 3.63) is 17.7 Å². The minimum atomic E-state index is 0.355. The van der Waals surface area contributed by atoms with E-state index in [0.29, 0.717) is 23.1 Å². The molecule has 1 aliphatic rings. The van der Waals surface area contributed by atoms with Crippen LogP contribution in [0.4, 0.5) is 0 Å². The number of H-pyrrole nitrogens is 1. The predicted molar refractivity (Wildman–Crippen MR) is 62.4 cm³/mol. The van der Waals surface area contributed by atoms with Gasteiger partial charge in [-0.15, -0.1) is 0 Å². The van der Waals surface area contributed by atoms with Crippen molar-refractivity contribution in [2.24, 2.45) is 0 Å². The smallest absolute Gasteiger partial charge is 0.262 e. The van der Waals surface area contributed by atoms with Crippen LogP contribution in [0.3, 0.4) is 0 Å². The van der Waals surface area contributed by atoms with Crippen molar-refractivity contribution in [2.45, 2.75) is 38.0 Å². The highest BCUT2D eigenvalue weighted by atomic mass is 16.5. The van der Waals surface area contributed by atoms with E-state index < -0.39 is 0 Å². The van der Waals surface area contributed by atoms with E-state index in [-0.39, 0.29) is 0 Å². The zero-order valence-electron chi connectivity index (χ0n) is 9.89. The fourth-order valence-corrected chi connectivity index (χ4v) is 2.40. The van der Waals surface area contributed by atoms with E-state index >= 15 is 0 Å². The van der Waals surface area contributed by atoms with Crippen molar-refractivity contribution >= 4 is 0 Å². The third-order valence-electron chi connectivity index (χ3n) is 3.39. The van der Waals surface area contributed by atoms with Crippen molar-refractivity contribution in [1.82, 2.24) is 20.3 Å². The van der Waals surface area contributed by atoms with Gasteiger partial charge >= 0.3 is 0 Å². The molecule has 0 radical (unpaired) electrons. The average molecular weight is 243 g/mol. The monoisotopic (exact) mass is 243 g/mol. The first-order valence-corrected chi connectivity index (χ1v) is 6.16. The molecule has 0 amide bonds. The lowest BCUT2D eigenvalue weighted by molar-refractivity contribution is 0.385. The van der Waals surface area contributed by atoms with E-state index in [2.05, 4.69) is 20.3 Å². The van der Waals surface area contributed by atoms with Gasteiger partial charge in [-0.1, -0.05) is 24.4 Å². The van der Waals surface area contributed by atoms with Gasteiger partial charge in [0.2, 0.25) is 0 Å². The Labute approximate surface area is 104 Å². The number of rotatable bonds is 2. The normalized spacial score (nSPS) is 16.6. The molecule has 0 bridgehead atoms. The minimum Gasteiger partial charge on any atom is -0.334 e. The topological polar surface area (TPSA) is 91.4 Å². The van der Waals surface area contributed by atoms with Gasteiger partial charge in [-0.25, -0.2) is 0 Å². The molecule has 1 fully saturated rings. The molecule has 0 saturated heterocycles. The maximum absolute atomic E-state index is 8.91. The molecule has 2 aromatic rings. The Bertz CT molecular complexity index is 573. The number of hydrogen-bond donors (Lipinski definition) is 1. The summed E-state index contributed by atoms with van der Waals surface area (Å²) in [7, 11) is 0. The summed E-state index contributed by atoms with van der Waals surface area (Å²) in [5, 5.41) is 19.4.